The van der Waals surface area contributed by atoms with Gasteiger partial charge in [-0.05, 0) is 35.4 Å². The molecule has 150 valence electrons. The number of ether oxygens (including phenoxy) is 2. The summed E-state index contributed by atoms with van der Waals surface area (Å²) in [7, 11) is 0. The van der Waals surface area contributed by atoms with Crippen molar-refractivity contribution in [3.63, 3.8) is 0 Å². The Labute approximate surface area is 159 Å². The molecule has 1 saturated heterocycles. The van der Waals surface area contributed by atoms with Crippen molar-refractivity contribution in [1.82, 2.24) is 0 Å². The van der Waals surface area contributed by atoms with Crippen LogP contribution in [0.4, 0.5) is 0 Å². The van der Waals surface area contributed by atoms with Gasteiger partial charge in [0.25, 0.3) is 0 Å². The number of carboxylic acids is 2. The lowest BCUT2D eigenvalue weighted by molar-refractivity contribution is -0.271. The zero-order chi connectivity index (χ0) is 20.6. The normalized spacial score (nSPS) is 28.6. The van der Waals surface area contributed by atoms with E-state index >= 15 is 0 Å². The molecule has 1 aliphatic heterocycles. The third kappa shape index (κ3) is 3.78. The number of hydrogen-bond acceptors (Lipinski definition) is 7. The van der Waals surface area contributed by atoms with Crippen molar-refractivity contribution < 1.29 is 44.6 Å². The minimum Gasteiger partial charge on any atom is -0.481 e. The minimum atomic E-state index is -1.79. The maximum absolute atomic E-state index is 11.1. The highest BCUT2D eigenvalue weighted by atomic mass is 16.7. The van der Waals surface area contributed by atoms with Crippen LogP contribution in [-0.2, 0) is 14.3 Å². The van der Waals surface area contributed by atoms with Crippen molar-refractivity contribution >= 4 is 22.7 Å². The average molecular weight is 392 g/mol. The first kappa shape index (κ1) is 20.0. The van der Waals surface area contributed by atoms with Gasteiger partial charge in [0.1, 0.15) is 24.1 Å². The van der Waals surface area contributed by atoms with Gasteiger partial charge in [-0.2, -0.15) is 0 Å². The van der Waals surface area contributed by atoms with E-state index in [1.54, 1.807) is 43.3 Å². The summed E-state index contributed by atoms with van der Waals surface area (Å²) in [5, 5.41) is 49.2. The molecule has 2 aromatic carbocycles. The summed E-state index contributed by atoms with van der Waals surface area (Å²) in [5.74, 6) is -2.85. The van der Waals surface area contributed by atoms with E-state index < -0.39 is 48.6 Å². The number of carbonyl (C=O) groups is 2. The molecule has 5 N–H and O–H groups in total. The number of carboxylic acid groups (broad SMARTS) is 2. The molecule has 2 aromatic rings. The summed E-state index contributed by atoms with van der Waals surface area (Å²) in [4.78, 5) is 22.3. The third-order valence-corrected chi connectivity index (χ3v) is 4.77. The van der Waals surface area contributed by atoms with Crippen molar-refractivity contribution in [2.45, 2.75) is 43.5 Å². The van der Waals surface area contributed by atoms with Gasteiger partial charge in [0.15, 0.2) is 6.10 Å². The van der Waals surface area contributed by atoms with Gasteiger partial charge < -0.3 is 35.0 Å². The van der Waals surface area contributed by atoms with Crippen LogP contribution in [-0.4, -0.2) is 68.2 Å². The van der Waals surface area contributed by atoms with E-state index in [-0.39, 0.29) is 5.75 Å². The summed E-state index contributed by atoms with van der Waals surface area (Å²) < 4.78 is 10.6. The second-order valence-corrected chi connectivity index (χ2v) is 6.68. The summed E-state index contributed by atoms with van der Waals surface area (Å²) >= 11 is 0. The van der Waals surface area contributed by atoms with E-state index in [1.165, 1.54) is 0 Å². The maximum atomic E-state index is 11.1. The fourth-order valence-electron chi connectivity index (χ4n) is 3.01. The van der Waals surface area contributed by atoms with E-state index in [2.05, 4.69) is 0 Å². The Morgan fingerprint density at radius 2 is 1.61 bits per heavy atom. The number of aliphatic carboxylic acids is 2. The largest absolute Gasteiger partial charge is 0.481 e. The highest BCUT2D eigenvalue weighted by Crippen LogP contribution is 2.28. The molecule has 0 bridgehead atoms. The minimum absolute atomic E-state index is 0.239. The molecule has 1 heterocycles. The van der Waals surface area contributed by atoms with Crippen LogP contribution in [0.1, 0.15) is 18.4 Å². The summed E-state index contributed by atoms with van der Waals surface area (Å²) in [5.41, 5.74) is 0.640. The lowest BCUT2D eigenvalue weighted by Crippen LogP contribution is -2.61. The Bertz CT molecular complexity index is 896. The molecule has 6 atom stereocenters. The molecule has 9 heteroatoms. The molecule has 3 rings (SSSR count). The molecule has 1 unspecified atom stereocenters. The first-order valence-electron chi connectivity index (χ1n) is 8.54. The fraction of sp³-hybridized carbons (Fsp3) is 0.368. The Kier molecular flexibility index (Phi) is 5.52. The van der Waals surface area contributed by atoms with Crippen LogP contribution < -0.4 is 4.74 Å². The van der Waals surface area contributed by atoms with E-state index in [0.29, 0.717) is 5.56 Å². The van der Waals surface area contributed by atoms with Crippen molar-refractivity contribution in [3.8, 4) is 5.75 Å². The second-order valence-electron chi connectivity index (χ2n) is 6.68. The molecule has 28 heavy (non-hydrogen) atoms. The fourth-order valence-corrected chi connectivity index (χ4v) is 3.01. The Morgan fingerprint density at radius 1 is 0.964 bits per heavy atom. The van der Waals surface area contributed by atoms with Gasteiger partial charge in [-0.15, -0.1) is 0 Å². The van der Waals surface area contributed by atoms with Crippen LogP contribution in [0, 0.1) is 0 Å². The standard InChI is InChI=1S/C19H20O9/c1-8(17(23)24)9-2-3-11-7-12(5-4-10(11)6-9)27-19-15(22)13(20)14(21)16(28-19)18(25)26/h2-8,13-16,19-22H,1H3,(H,23,24)(H,25,26)/t8-,13-,14-,15+,16-,19?/m0/s1. The Hall–Kier alpha value is -2.72. The summed E-state index contributed by atoms with van der Waals surface area (Å²) in [6.45, 7) is 1.58. The molecule has 0 radical (unpaired) electrons. The Morgan fingerprint density at radius 3 is 2.25 bits per heavy atom. The highest BCUT2D eigenvalue weighted by molar-refractivity contribution is 5.86. The van der Waals surface area contributed by atoms with Crippen LogP contribution in [0.15, 0.2) is 36.4 Å². The van der Waals surface area contributed by atoms with Gasteiger partial charge >= 0.3 is 11.9 Å². The molecular formula is C19H20O9. The maximum Gasteiger partial charge on any atom is 0.335 e. The first-order valence-corrected chi connectivity index (χ1v) is 8.54. The molecule has 1 fully saturated rings. The van der Waals surface area contributed by atoms with Crippen molar-refractivity contribution in [1.29, 1.82) is 0 Å². The molecule has 0 spiro atoms. The number of rotatable bonds is 5. The van der Waals surface area contributed by atoms with Crippen molar-refractivity contribution in [2.75, 3.05) is 0 Å². The molecule has 9 nitrogen and oxygen atoms in total. The third-order valence-electron chi connectivity index (χ3n) is 4.77. The zero-order valence-electron chi connectivity index (χ0n) is 14.8. The first-order chi connectivity index (χ1) is 13.2. The molecule has 0 saturated carbocycles. The second kappa shape index (κ2) is 7.72. The van der Waals surface area contributed by atoms with Gasteiger partial charge in [0, 0.05) is 0 Å². The topological polar surface area (TPSA) is 154 Å². The quantitative estimate of drug-likeness (QED) is 0.483. The van der Waals surface area contributed by atoms with Crippen LogP contribution in [0.3, 0.4) is 0 Å². The van der Waals surface area contributed by atoms with E-state index in [9.17, 15) is 24.9 Å². The lowest BCUT2D eigenvalue weighted by atomic mass is 9.98. The van der Waals surface area contributed by atoms with E-state index in [1.807, 2.05) is 0 Å². The summed E-state index contributed by atoms with van der Waals surface area (Å²) in [6.07, 6.45) is -8.44. The lowest BCUT2D eigenvalue weighted by Gasteiger charge is -2.38. The monoisotopic (exact) mass is 392 g/mol. The number of hydrogen-bond donors (Lipinski definition) is 5. The van der Waals surface area contributed by atoms with Crippen LogP contribution in [0.5, 0.6) is 5.75 Å². The molecule has 0 amide bonds. The molecular weight excluding hydrogens is 372 g/mol. The van der Waals surface area contributed by atoms with Crippen LogP contribution >= 0.6 is 0 Å². The average Bonchev–Trinajstić information content (AvgIpc) is 2.67. The SMILES string of the molecule is C[C@H](C(=O)O)c1ccc2cc(OC3O[C@H](C(=O)O)[C@@H](O)[C@H](O)[C@H]3O)ccc2c1. The van der Waals surface area contributed by atoms with Gasteiger partial charge in [0.05, 0.1) is 5.92 Å². The zero-order valence-corrected chi connectivity index (χ0v) is 14.8. The molecule has 1 aliphatic rings. The van der Waals surface area contributed by atoms with Crippen LogP contribution in [0.2, 0.25) is 0 Å². The predicted molar refractivity (Wildman–Crippen MR) is 94.9 cm³/mol. The van der Waals surface area contributed by atoms with Crippen molar-refractivity contribution in [2.24, 2.45) is 0 Å². The molecule has 0 aliphatic carbocycles. The van der Waals surface area contributed by atoms with Gasteiger partial charge in [-0.25, -0.2) is 4.79 Å². The molecule has 0 aromatic heterocycles. The number of aliphatic hydroxyl groups is 3. The van der Waals surface area contributed by atoms with Gasteiger partial charge in [-0.1, -0.05) is 24.3 Å². The number of fused-ring (bicyclic) bond motifs is 1. The summed E-state index contributed by atoms with van der Waals surface area (Å²) in [6, 6.07) is 9.96. The predicted octanol–water partition coefficient (Wildman–Crippen LogP) is 0.299. The Balaban J connectivity index is 1.83. The number of aliphatic hydroxyl groups excluding tert-OH is 3. The number of benzene rings is 2. The van der Waals surface area contributed by atoms with Crippen LogP contribution in [0.25, 0.3) is 10.8 Å². The van der Waals surface area contributed by atoms with E-state index in [4.69, 9.17) is 19.7 Å². The van der Waals surface area contributed by atoms with E-state index in [0.717, 1.165) is 10.8 Å². The smallest absolute Gasteiger partial charge is 0.335 e. The highest BCUT2D eigenvalue weighted by Gasteiger charge is 2.48. The van der Waals surface area contributed by atoms with Gasteiger partial charge in [-0.3, -0.25) is 4.79 Å². The van der Waals surface area contributed by atoms with Crippen molar-refractivity contribution in [3.05, 3.63) is 42.0 Å². The van der Waals surface area contributed by atoms with Gasteiger partial charge in [0.2, 0.25) is 6.29 Å².